The highest BCUT2D eigenvalue weighted by atomic mass is 16.6. The van der Waals surface area contributed by atoms with Gasteiger partial charge < -0.3 is 9.47 Å². The van der Waals surface area contributed by atoms with Gasteiger partial charge in [-0.3, -0.25) is 4.79 Å². The Morgan fingerprint density at radius 1 is 1.09 bits per heavy atom. The van der Waals surface area contributed by atoms with Gasteiger partial charge >= 0.3 is 0 Å². The average molecular weight is 296 g/mol. The van der Waals surface area contributed by atoms with Crippen LogP contribution in [-0.2, 0) is 0 Å². The molecule has 2 aromatic carbocycles. The zero-order valence-electron chi connectivity index (χ0n) is 12.2. The van der Waals surface area contributed by atoms with Crippen LogP contribution in [0, 0.1) is 6.92 Å². The Morgan fingerprint density at radius 2 is 1.82 bits per heavy atom. The van der Waals surface area contributed by atoms with Crippen LogP contribution in [0.25, 0.3) is 0 Å². The molecule has 2 aromatic rings. The first-order chi connectivity index (χ1) is 10.7. The lowest BCUT2D eigenvalue weighted by Gasteiger charge is -2.18. The number of ether oxygens (including phenoxy) is 2. The van der Waals surface area contributed by atoms with Crippen LogP contribution in [0.2, 0.25) is 0 Å². The summed E-state index contributed by atoms with van der Waals surface area (Å²) in [4.78, 5) is 11.9. The molecule has 0 aromatic heterocycles. The molecule has 1 N–H and O–H groups in total. The lowest BCUT2D eigenvalue weighted by atomic mass is 10.1. The minimum Gasteiger partial charge on any atom is -0.486 e. The molecule has 1 aliphatic heterocycles. The van der Waals surface area contributed by atoms with E-state index in [1.807, 2.05) is 37.3 Å². The van der Waals surface area contributed by atoms with E-state index in [0.29, 0.717) is 24.5 Å². The summed E-state index contributed by atoms with van der Waals surface area (Å²) in [6.45, 7) is 3.08. The van der Waals surface area contributed by atoms with Gasteiger partial charge in [0.2, 0.25) is 0 Å². The molecular formula is C17H16N2O3. The van der Waals surface area contributed by atoms with Crippen molar-refractivity contribution < 1.29 is 14.3 Å². The van der Waals surface area contributed by atoms with Gasteiger partial charge in [0.15, 0.2) is 11.5 Å². The molecule has 0 spiro atoms. The van der Waals surface area contributed by atoms with E-state index in [9.17, 15) is 4.79 Å². The number of hydrogen-bond acceptors (Lipinski definition) is 4. The van der Waals surface area contributed by atoms with Gasteiger partial charge in [-0.2, -0.15) is 5.10 Å². The molecular weight excluding hydrogens is 280 g/mol. The molecule has 22 heavy (non-hydrogen) atoms. The molecule has 1 aliphatic rings. The summed E-state index contributed by atoms with van der Waals surface area (Å²) in [5, 5.41) is 3.97. The molecule has 5 nitrogen and oxygen atoms in total. The van der Waals surface area contributed by atoms with Gasteiger partial charge in [0, 0.05) is 5.56 Å². The van der Waals surface area contributed by atoms with Gasteiger partial charge in [-0.15, -0.1) is 0 Å². The number of fused-ring (bicyclic) bond motifs is 1. The third-order valence-electron chi connectivity index (χ3n) is 3.26. The predicted octanol–water partition coefficient (Wildman–Crippen LogP) is 2.53. The zero-order valence-corrected chi connectivity index (χ0v) is 12.2. The van der Waals surface area contributed by atoms with Crippen molar-refractivity contribution in [2.75, 3.05) is 13.2 Å². The fourth-order valence-corrected chi connectivity index (χ4v) is 2.08. The molecule has 1 amide bonds. The molecule has 0 unspecified atom stereocenters. The Kier molecular flexibility index (Phi) is 4.05. The first-order valence-electron chi connectivity index (χ1n) is 7.02. The number of hydrazone groups is 1. The average Bonchev–Trinajstić information content (AvgIpc) is 2.55. The second kappa shape index (κ2) is 6.30. The van der Waals surface area contributed by atoms with E-state index in [4.69, 9.17) is 9.47 Å². The Hall–Kier alpha value is -2.82. The largest absolute Gasteiger partial charge is 0.486 e. The van der Waals surface area contributed by atoms with Crippen molar-refractivity contribution in [3.05, 3.63) is 59.2 Å². The molecule has 0 radical (unpaired) electrons. The predicted molar refractivity (Wildman–Crippen MR) is 83.7 cm³/mol. The van der Waals surface area contributed by atoms with E-state index in [1.165, 1.54) is 0 Å². The summed E-state index contributed by atoms with van der Waals surface area (Å²) >= 11 is 0. The van der Waals surface area contributed by atoms with Crippen molar-refractivity contribution in [3.8, 4) is 11.5 Å². The van der Waals surface area contributed by atoms with Gasteiger partial charge in [-0.25, -0.2) is 5.43 Å². The van der Waals surface area contributed by atoms with Crippen molar-refractivity contribution in [2.24, 2.45) is 5.10 Å². The maximum atomic E-state index is 11.9. The van der Waals surface area contributed by atoms with Crippen LogP contribution in [0.5, 0.6) is 11.5 Å². The maximum Gasteiger partial charge on any atom is 0.271 e. The topological polar surface area (TPSA) is 59.9 Å². The minimum absolute atomic E-state index is 0.242. The van der Waals surface area contributed by atoms with Gasteiger partial charge in [0.25, 0.3) is 5.91 Å². The van der Waals surface area contributed by atoms with Gasteiger partial charge in [0.05, 0.1) is 6.21 Å². The van der Waals surface area contributed by atoms with Crippen LogP contribution in [-0.4, -0.2) is 25.3 Å². The minimum atomic E-state index is -0.242. The lowest BCUT2D eigenvalue weighted by Crippen LogP contribution is -2.17. The van der Waals surface area contributed by atoms with Crippen LogP contribution >= 0.6 is 0 Å². The van der Waals surface area contributed by atoms with E-state index in [0.717, 1.165) is 16.9 Å². The molecule has 0 saturated carbocycles. The number of amides is 1. The second-order valence-electron chi connectivity index (χ2n) is 4.97. The quantitative estimate of drug-likeness (QED) is 0.699. The molecule has 5 heteroatoms. The van der Waals surface area contributed by atoms with E-state index in [1.54, 1.807) is 18.3 Å². The molecule has 0 fully saturated rings. The highest BCUT2D eigenvalue weighted by Crippen LogP contribution is 2.30. The fraction of sp³-hybridized carbons (Fsp3) is 0.176. The van der Waals surface area contributed by atoms with Crippen molar-refractivity contribution in [3.63, 3.8) is 0 Å². The third-order valence-corrected chi connectivity index (χ3v) is 3.26. The van der Waals surface area contributed by atoms with Crippen LogP contribution in [0.15, 0.2) is 47.6 Å². The molecule has 112 valence electrons. The number of hydrogen-bond donors (Lipinski definition) is 1. The summed E-state index contributed by atoms with van der Waals surface area (Å²) in [6, 6.07) is 12.8. The fourth-order valence-electron chi connectivity index (χ4n) is 2.08. The number of rotatable bonds is 3. The molecule has 0 atom stereocenters. The summed E-state index contributed by atoms with van der Waals surface area (Å²) in [5.74, 6) is 1.18. The number of nitrogens with one attached hydrogen (secondary N) is 1. The summed E-state index contributed by atoms with van der Waals surface area (Å²) in [6.07, 6.45) is 1.57. The Labute approximate surface area is 128 Å². The van der Waals surface area contributed by atoms with Gasteiger partial charge in [0.1, 0.15) is 13.2 Å². The standard InChI is InChI=1S/C17H16N2O3/c1-12-2-5-14(6-3-12)17(20)19-18-11-13-4-7-15-16(10-13)22-9-8-21-15/h2-7,10-11H,8-9H2,1H3,(H,19,20)/b18-11+. The van der Waals surface area contributed by atoms with Crippen molar-refractivity contribution in [1.82, 2.24) is 5.43 Å². The number of carbonyl (C=O) groups excluding carboxylic acids is 1. The van der Waals surface area contributed by atoms with Crippen LogP contribution in [0.1, 0.15) is 21.5 Å². The maximum absolute atomic E-state index is 11.9. The third kappa shape index (κ3) is 3.25. The number of nitrogens with zero attached hydrogens (tertiary/aromatic N) is 1. The highest BCUT2D eigenvalue weighted by molar-refractivity contribution is 5.94. The Bertz CT molecular complexity index is 708. The van der Waals surface area contributed by atoms with Gasteiger partial charge in [-0.1, -0.05) is 17.7 Å². The molecule has 0 bridgehead atoms. The first-order valence-corrected chi connectivity index (χ1v) is 7.02. The van der Waals surface area contributed by atoms with E-state index >= 15 is 0 Å². The molecule has 0 saturated heterocycles. The SMILES string of the molecule is Cc1ccc(C(=O)N/N=C/c2ccc3c(c2)OCCO3)cc1. The Morgan fingerprint density at radius 3 is 2.59 bits per heavy atom. The summed E-state index contributed by atoms with van der Waals surface area (Å²) in [5.41, 5.74) is 5.01. The smallest absolute Gasteiger partial charge is 0.271 e. The van der Waals surface area contributed by atoms with Crippen LogP contribution < -0.4 is 14.9 Å². The highest BCUT2D eigenvalue weighted by Gasteiger charge is 2.11. The van der Waals surface area contributed by atoms with E-state index < -0.39 is 0 Å². The zero-order chi connectivity index (χ0) is 15.4. The summed E-state index contributed by atoms with van der Waals surface area (Å²) < 4.78 is 10.9. The van der Waals surface area contributed by atoms with Crippen molar-refractivity contribution in [2.45, 2.75) is 6.92 Å². The van der Waals surface area contributed by atoms with Crippen molar-refractivity contribution in [1.29, 1.82) is 0 Å². The monoisotopic (exact) mass is 296 g/mol. The number of aryl methyl sites for hydroxylation is 1. The van der Waals surface area contributed by atoms with E-state index in [-0.39, 0.29) is 5.91 Å². The number of carbonyl (C=O) groups is 1. The second-order valence-corrected chi connectivity index (χ2v) is 4.97. The molecule has 3 rings (SSSR count). The number of benzene rings is 2. The Balaban J connectivity index is 1.64. The van der Waals surface area contributed by atoms with E-state index in [2.05, 4.69) is 10.5 Å². The normalized spacial score (nSPS) is 13.1. The van der Waals surface area contributed by atoms with Crippen molar-refractivity contribution >= 4 is 12.1 Å². The van der Waals surface area contributed by atoms with Crippen LogP contribution in [0.4, 0.5) is 0 Å². The molecule has 1 heterocycles. The first kappa shape index (κ1) is 14.1. The van der Waals surface area contributed by atoms with Gasteiger partial charge in [-0.05, 0) is 42.8 Å². The van der Waals surface area contributed by atoms with Crippen LogP contribution in [0.3, 0.4) is 0 Å². The lowest BCUT2D eigenvalue weighted by molar-refractivity contribution is 0.0955. The summed E-state index contributed by atoms with van der Waals surface area (Å²) in [7, 11) is 0. The molecule has 0 aliphatic carbocycles.